The van der Waals surface area contributed by atoms with Gasteiger partial charge in [-0.05, 0) is 42.3 Å². The number of hydrazine groups is 1. The van der Waals surface area contributed by atoms with Gasteiger partial charge in [-0.25, -0.2) is 5.01 Å². The van der Waals surface area contributed by atoms with Crippen LogP contribution in [0.4, 0.5) is 5.69 Å². The summed E-state index contributed by atoms with van der Waals surface area (Å²) in [7, 11) is 0. The molecule has 0 radical (unpaired) electrons. The Labute approximate surface area is 158 Å². The van der Waals surface area contributed by atoms with Gasteiger partial charge < -0.3 is 4.74 Å². The van der Waals surface area contributed by atoms with Crippen LogP contribution >= 0.6 is 0 Å². The molecule has 134 valence electrons. The van der Waals surface area contributed by atoms with Gasteiger partial charge in [-0.15, -0.1) is 0 Å². The molecule has 0 saturated carbocycles. The smallest absolute Gasteiger partial charge is 0.276 e. The maximum absolute atomic E-state index is 13.4. The molecule has 2 heterocycles. The quantitative estimate of drug-likeness (QED) is 0.681. The minimum atomic E-state index is -0.336. The minimum absolute atomic E-state index is 0.0106. The van der Waals surface area contributed by atoms with Gasteiger partial charge in [-0.1, -0.05) is 54.6 Å². The maximum Gasteiger partial charge on any atom is 0.276 e. The third-order valence-electron chi connectivity index (χ3n) is 5.36. The topological polar surface area (TPSA) is 32.8 Å². The van der Waals surface area contributed by atoms with Crippen molar-refractivity contribution in [3.8, 4) is 5.75 Å². The summed E-state index contributed by atoms with van der Waals surface area (Å²) in [6, 6.07) is 25.9. The van der Waals surface area contributed by atoms with E-state index >= 15 is 0 Å². The second kappa shape index (κ2) is 6.16. The monoisotopic (exact) mass is 356 g/mol. The zero-order valence-corrected chi connectivity index (χ0v) is 15.1. The maximum atomic E-state index is 13.4. The van der Waals surface area contributed by atoms with Crippen molar-refractivity contribution < 1.29 is 9.53 Å². The number of carbonyl (C=O) groups is 1. The molecule has 5 rings (SSSR count). The first-order valence-corrected chi connectivity index (χ1v) is 9.23. The first-order chi connectivity index (χ1) is 13.2. The molecule has 2 bridgehead atoms. The van der Waals surface area contributed by atoms with E-state index in [2.05, 4.69) is 30.1 Å². The average molecular weight is 356 g/mol. The summed E-state index contributed by atoms with van der Waals surface area (Å²) in [6.45, 7) is 2.08. The molecule has 4 nitrogen and oxygen atoms in total. The number of nitrogens with zero attached hydrogens (tertiary/aromatic N) is 2. The van der Waals surface area contributed by atoms with E-state index in [-0.39, 0.29) is 18.2 Å². The van der Waals surface area contributed by atoms with Crippen LogP contribution in [0.5, 0.6) is 5.75 Å². The van der Waals surface area contributed by atoms with E-state index in [9.17, 15) is 4.79 Å². The van der Waals surface area contributed by atoms with Crippen LogP contribution in [-0.2, 0) is 0 Å². The Bertz CT molecular complexity index is 1000. The van der Waals surface area contributed by atoms with Crippen LogP contribution in [0, 0.1) is 6.92 Å². The lowest BCUT2D eigenvalue weighted by Gasteiger charge is -2.40. The summed E-state index contributed by atoms with van der Waals surface area (Å²) >= 11 is 0. The highest BCUT2D eigenvalue weighted by atomic mass is 16.5. The predicted octanol–water partition coefficient (Wildman–Crippen LogP) is 4.72. The van der Waals surface area contributed by atoms with Crippen LogP contribution in [0.1, 0.15) is 33.9 Å². The molecule has 0 unspecified atom stereocenters. The summed E-state index contributed by atoms with van der Waals surface area (Å²) in [5.74, 6) is 0.764. The molecule has 2 aliphatic heterocycles. The fraction of sp³-hybridized carbons (Fsp3) is 0.174. The lowest BCUT2D eigenvalue weighted by molar-refractivity contribution is 0.0354. The average Bonchev–Trinajstić information content (AvgIpc) is 3.01. The van der Waals surface area contributed by atoms with E-state index in [1.807, 2.05) is 60.7 Å². The van der Waals surface area contributed by atoms with Gasteiger partial charge >= 0.3 is 0 Å². The lowest BCUT2D eigenvalue weighted by Crippen LogP contribution is -2.51. The molecule has 1 amide bonds. The molecule has 4 heteroatoms. The van der Waals surface area contributed by atoms with Gasteiger partial charge in [0.15, 0.2) is 6.23 Å². The number of fused-ring (bicyclic) bond motifs is 4. The first-order valence-electron chi connectivity index (χ1n) is 9.23. The summed E-state index contributed by atoms with van der Waals surface area (Å²) < 4.78 is 6.25. The normalized spacial score (nSPS) is 20.6. The molecule has 0 aliphatic carbocycles. The van der Waals surface area contributed by atoms with Crippen molar-refractivity contribution in [1.82, 2.24) is 5.01 Å². The van der Waals surface area contributed by atoms with Gasteiger partial charge in [0, 0.05) is 12.0 Å². The fourth-order valence-electron chi connectivity index (χ4n) is 4.13. The number of anilines is 1. The number of amides is 1. The standard InChI is InChI=1S/C23H20N2O2/c1-16-9-5-8-14-20(16)24-21-15-22(27-17-10-3-2-4-11-17)25(24)23(26)19-13-7-6-12-18(19)21/h2-14,21-22H,15H2,1H3/t21-,22+/m1/s1. The van der Waals surface area contributed by atoms with Crippen molar-refractivity contribution >= 4 is 11.6 Å². The number of rotatable bonds is 3. The zero-order valence-electron chi connectivity index (χ0n) is 15.1. The highest BCUT2D eigenvalue weighted by molar-refractivity contribution is 5.99. The molecule has 1 fully saturated rings. The van der Waals surface area contributed by atoms with Crippen molar-refractivity contribution in [3.63, 3.8) is 0 Å². The predicted molar refractivity (Wildman–Crippen MR) is 104 cm³/mol. The van der Waals surface area contributed by atoms with Crippen LogP contribution < -0.4 is 9.75 Å². The molecule has 3 aromatic carbocycles. The number of para-hydroxylation sites is 2. The molecule has 27 heavy (non-hydrogen) atoms. The summed E-state index contributed by atoms with van der Waals surface area (Å²) in [4.78, 5) is 13.4. The number of aryl methyl sites for hydroxylation is 1. The Morgan fingerprint density at radius 2 is 1.56 bits per heavy atom. The summed E-state index contributed by atoms with van der Waals surface area (Å²) in [5.41, 5.74) is 4.03. The van der Waals surface area contributed by atoms with Crippen molar-refractivity contribution in [2.24, 2.45) is 0 Å². The number of hydrogen-bond donors (Lipinski definition) is 0. The van der Waals surface area contributed by atoms with E-state index < -0.39 is 0 Å². The van der Waals surface area contributed by atoms with E-state index in [4.69, 9.17) is 4.74 Å². The highest BCUT2D eigenvalue weighted by Gasteiger charge is 2.50. The van der Waals surface area contributed by atoms with Crippen molar-refractivity contribution in [3.05, 3.63) is 95.6 Å². The lowest BCUT2D eigenvalue weighted by atomic mass is 9.96. The Hall–Kier alpha value is -3.27. The molecule has 3 aromatic rings. The van der Waals surface area contributed by atoms with Gasteiger partial charge in [0.25, 0.3) is 5.91 Å². The Balaban J connectivity index is 1.62. The molecule has 2 aliphatic rings. The molecule has 1 saturated heterocycles. The van der Waals surface area contributed by atoms with Crippen LogP contribution in [-0.4, -0.2) is 17.1 Å². The second-order valence-electron chi connectivity index (χ2n) is 7.01. The zero-order chi connectivity index (χ0) is 18.4. The molecular formula is C23H20N2O2. The van der Waals surface area contributed by atoms with Gasteiger partial charge in [-0.2, -0.15) is 0 Å². The molecule has 2 atom stereocenters. The largest absolute Gasteiger partial charge is 0.469 e. The third kappa shape index (κ3) is 2.48. The highest BCUT2D eigenvalue weighted by Crippen LogP contribution is 2.46. The van der Waals surface area contributed by atoms with Crippen LogP contribution in [0.3, 0.4) is 0 Å². The first kappa shape index (κ1) is 15.9. The Kier molecular flexibility index (Phi) is 3.64. The number of benzene rings is 3. The van der Waals surface area contributed by atoms with Gasteiger partial charge in [0.1, 0.15) is 5.75 Å². The fourth-order valence-corrected chi connectivity index (χ4v) is 4.13. The third-order valence-corrected chi connectivity index (χ3v) is 5.36. The molecular weight excluding hydrogens is 336 g/mol. The van der Waals surface area contributed by atoms with Crippen LogP contribution in [0.25, 0.3) is 0 Å². The van der Waals surface area contributed by atoms with Crippen LogP contribution in [0.2, 0.25) is 0 Å². The number of hydrogen-bond acceptors (Lipinski definition) is 3. The van der Waals surface area contributed by atoms with E-state index in [1.165, 1.54) is 0 Å². The Morgan fingerprint density at radius 1 is 0.852 bits per heavy atom. The summed E-state index contributed by atoms with van der Waals surface area (Å²) in [6.07, 6.45) is 0.392. The minimum Gasteiger partial charge on any atom is -0.469 e. The number of ether oxygens (including phenoxy) is 1. The molecule has 0 spiro atoms. The SMILES string of the molecule is Cc1ccccc1N1[C@@H]2C[C@H](Oc3ccccc3)N1C(=O)c1ccccc12. The molecule has 0 aromatic heterocycles. The van der Waals surface area contributed by atoms with E-state index in [0.29, 0.717) is 0 Å². The van der Waals surface area contributed by atoms with Crippen molar-refractivity contribution in [1.29, 1.82) is 0 Å². The van der Waals surface area contributed by atoms with Gasteiger partial charge in [0.05, 0.1) is 11.7 Å². The molecule has 0 N–H and O–H groups in total. The van der Waals surface area contributed by atoms with E-state index in [1.54, 1.807) is 5.01 Å². The number of carbonyl (C=O) groups excluding carboxylic acids is 1. The van der Waals surface area contributed by atoms with Gasteiger partial charge in [-0.3, -0.25) is 9.80 Å². The van der Waals surface area contributed by atoms with Crippen molar-refractivity contribution in [2.75, 3.05) is 5.01 Å². The van der Waals surface area contributed by atoms with Gasteiger partial charge in [0.2, 0.25) is 0 Å². The van der Waals surface area contributed by atoms with E-state index in [0.717, 1.165) is 34.5 Å². The van der Waals surface area contributed by atoms with Crippen molar-refractivity contribution in [2.45, 2.75) is 25.6 Å². The second-order valence-corrected chi connectivity index (χ2v) is 7.01. The summed E-state index contributed by atoms with van der Waals surface area (Å²) in [5, 5.41) is 3.91. The van der Waals surface area contributed by atoms with Crippen LogP contribution in [0.15, 0.2) is 78.9 Å². The Morgan fingerprint density at radius 3 is 2.37 bits per heavy atom.